The fourth-order valence-electron chi connectivity index (χ4n) is 7.71. The summed E-state index contributed by atoms with van der Waals surface area (Å²) in [5.41, 5.74) is 0. The molecule has 0 fully saturated rings. The van der Waals surface area contributed by atoms with Crippen LogP contribution in [0.4, 0.5) is 0 Å². The molecule has 0 aliphatic heterocycles. The third kappa shape index (κ3) is 47.1. The number of carbonyl (C=O) groups is 2. The number of hydrogen-bond acceptors (Lipinski definition) is 5. The summed E-state index contributed by atoms with van der Waals surface area (Å²) in [6, 6.07) is -0.638. The van der Waals surface area contributed by atoms with Crippen molar-refractivity contribution in [3.05, 3.63) is 48.6 Å². The Morgan fingerprint density at radius 1 is 0.459 bits per heavy atom. The Balaban J connectivity index is 3.47. The molecular weight excluding hydrogens is 755 g/mol. The first-order chi connectivity index (χ1) is 30.0. The number of esters is 1. The van der Waals surface area contributed by atoms with Gasteiger partial charge in [0.2, 0.25) is 5.91 Å². The van der Waals surface area contributed by atoms with E-state index in [1.165, 1.54) is 161 Å². The van der Waals surface area contributed by atoms with Gasteiger partial charge in [0.05, 0.1) is 25.4 Å². The van der Waals surface area contributed by atoms with Crippen LogP contribution in [0.5, 0.6) is 0 Å². The third-order valence-corrected chi connectivity index (χ3v) is 11.8. The van der Waals surface area contributed by atoms with Gasteiger partial charge in [-0.25, -0.2) is 0 Å². The number of ether oxygens (including phenoxy) is 1. The van der Waals surface area contributed by atoms with Crippen molar-refractivity contribution in [2.45, 2.75) is 276 Å². The van der Waals surface area contributed by atoms with Crippen molar-refractivity contribution in [1.82, 2.24) is 5.32 Å². The molecule has 3 N–H and O–H groups in total. The molecule has 0 aliphatic rings. The first kappa shape index (κ1) is 58.8. The molecule has 61 heavy (non-hydrogen) atoms. The lowest BCUT2D eigenvalue weighted by atomic mass is 10.1. The van der Waals surface area contributed by atoms with E-state index >= 15 is 0 Å². The monoisotopic (exact) mass is 856 g/mol. The van der Waals surface area contributed by atoms with E-state index in [9.17, 15) is 19.8 Å². The minimum atomic E-state index is -0.853. The van der Waals surface area contributed by atoms with Gasteiger partial charge in [-0.1, -0.05) is 210 Å². The molecule has 1 amide bonds. The molecule has 0 saturated carbocycles. The normalized spacial score (nSPS) is 13.0. The van der Waals surface area contributed by atoms with Gasteiger partial charge in [-0.15, -0.1) is 0 Å². The second-order valence-electron chi connectivity index (χ2n) is 17.8. The highest BCUT2D eigenvalue weighted by Crippen LogP contribution is 2.14. The van der Waals surface area contributed by atoms with E-state index in [0.717, 1.165) is 77.0 Å². The number of rotatable bonds is 48. The Hall–Kier alpha value is -2.18. The molecule has 356 valence electrons. The average Bonchev–Trinajstić information content (AvgIpc) is 3.26. The molecule has 6 heteroatoms. The minimum absolute atomic E-state index is 0.0161. The molecule has 2 unspecified atom stereocenters. The fraction of sp³-hybridized carbons (Fsp3) is 0.818. The summed E-state index contributed by atoms with van der Waals surface area (Å²) in [6.45, 7) is 4.81. The van der Waals surface area contributed by atoms with Crippen molar-refractivity contribution in [3.8, 4) is 0 Å². The standard InChI is InChI=1S/C55H101NO5/c1-3-5-7-9-11-13-15-16-17-18-19-20-23-26-29-33-37-41-45-49-55(60)61-50-46-42-38-34-30-27-24-21-22-25-28-32-36-40-44-48-54(59)56-52(51-57)53(58)47-43-39-35-31-14-12-10-8-6-4-2/h11,13,16-17,24,27,43,47,52-53,57-58H,3-10,12,14-15,18-23,25-26,28-42,44-46,48-51H2,1-2H3,(H,56,59)/b13-11-,17-16-,27-24-,47-43+. The first-order valence-corrected chi connectivity index (χ1v) is 26.4. The smallest absolute Gasteiger partial charge is 0.305 e. The van der Waals surface area contributed by atoms with Gasteiger partial charge in [0.15, 0.2) is 0 Å². The zero-order valence-electron chi connectivity index (χ0n) is 40.4. The number of amides is 1. The predicted molar refractivity (Wildman–Crippen MR) is 264 cm³/mol. The van der Waals surface area contributed by atoms with E-state index in [2.05, 4.69) is 55.6 Å². The van der Waals surface area contributed by atoms with E-state index in [0.29, 0.717) is 19.4 Å². The van der Waals surface area contributed by atoms with Gasteiger partial charge in [-0.3, -0.25) is 9.59 Å². The van der Waals surface area contributed by atoms with Crippen LogP contribution in [0.2, 0.25) is 0 Å². The first-order valence-electron chi connectivity index (χ1n) is 26.4. The summed E-state index contributed by atoms with van der Waals surface area (Å²) in [5, 5.41) is 22.9. The number of aliphatic hydroxyl groups excluding tert-OH is 2. The molecule has 0 spiro atoms. The van der Waals surface area contributed by atoms with Crippen LogP contribution in [0.25, 0.3) is 0 Å². The highest BCUT2D eigenvalue weighted by molar-refractivity contribution is 5.76. The maximum atomic E-state index is 12.4. The maximum absolute atomic E-state index is 12.4. The van der Waals surface area contributed by atoms with Crippen LogP contribution >= 0.6 is 0 Å². The lowest BCUT2D eigenvalue weighted by Gasteiger charge is -2.20. The third-order valence-electron chi connectivity index (χ3n) is 11.8. The van der Waals surface area contributed by atoms with Crippen LogP contribution in [0, 0.1) is 0 Å². The Kier molecular flexibility index (Phi) is 48.7. The number of allylic oxidation sites excluding steroid dienone is 7. The molecular formula is C55H101NO5. The summed E-state index contributed by atoms with van der Waals surface area (Å²) in [4.78, 5) is 24.4. The van der Waals surface area contributed by atoms with Crippen LogP contribution in [0.1, 0.15) is 264 Å². The lowest BCUT2D eigenvalue weighted by molar-refractivity contribution is -0.143. The molecule has 0 aliphatic carbocycles. The van der Waals surface area contributed by atoms with Gasteiger partial charge in [-0.05, 0) is 89.9 Å². The topological polar surface area (TPSA) is 95.9 Å². The molecule has 0 aromatic heterocycles. The summed E-state index contributed by atoms with van der Waals surface area (Å²) < 4.78 is 5.46. The minimum Gasteiger partial charge on any atom is -0.466 e. The Morgan fingerprint density at radius 2 is 0.820 bits per heavy atom. The average molecular weight is 856 g/mol. The Labute approximate surface area is 378 Å². The van der Waals surface area contributed by atoms with Crippen LogP contribution < -0.4 is 5.32 Å². The molecule has 0 radical (unpaired) electrons. The van der Waals surface area contributed by atoms with Crippen LogP contribution in [0.15, 0.2) is 48.6 Å². The summed E-state index contributed by atoms with van der Waals surface area (Å²) >= 11 is 0. The van der Waals surface area contributed by atoms with Crippen molar-refractivity contribution < 1.29 is 24.5 Å². The van der Waals surface area contributed by atoms with E-state index in [-0.39, 0.29) is 18.5 Å². The number of aliphatic hydroxyl groups is 2. The molecule has 0 aromatic carbocycles. The molecule has 0 bridgehead atoms. The second kappa shape index (κ2) is 50.5. The van der Waals surface area contributed by atoms with Gasteiger partial charge in [0, 0.05) is 12.8 Å². The van der Waals surface area contributed by atoms with Gasteiger partial charge < -0.3 is 20.3 Å². The van der Waals surface area contributed by atoms with Crippen LogP contribution in [0.3, 0.4) is 0 Å². The lowest BCUT2D eigenvalue weighted by Crippen LogP contribution is -2.45. The molecule has 2 atom stereocenters. The fourth-order valence-corrected chi connectivity index (χ4v) is 7.71. The highest BCUT2D eigenvalue weighted by Gasteiger charge is 2.18. The molecule has 0 heterocycles. The predicted octanol–water partition coefficient (Wildman–Crippen LogP) is 15.8. The van der Waals surface area contributed by atoms with Gasteiger partial charge >= 0.3 is 5.97 Å². The second-order valence-corrected chi connectivity index (χ2v) is 17.8. The van der Waals surface area contributed by atoms with Crippen molar-refractivity contribution >= 4 is 11.9 Å². The Morgan fingerprint density at radius 3 is 1.30 bits per heavy atom. The maximum Gasteiger partial charge on any atom is 0.305 e. The number of unbranched alkanes of at least 4 members (excludes halogenated alkanes) is 31. The van der Waals surface area contributed by atoms with Crippen molar-refractivity contribution in [2.75, 3.05) is 13.2 Å². The SMILES string of the molecule is CCCCC/C=C\C/C=C\CCCCCCCCCCCC(=O)OCCCCCC/C=C\CCCCCCCCCC(=O)NC(CO)C(O)/C=C/CCCCCCCCCC. The summed E-state index contributed by atoms with van der Waals surface area (Å²) in [7, 11) is 0. The van der Waals surface area contributed by atoms with Crippen LogP contribution in [-0.4, -0.2) is 47.4 Å². The molecule has 0 rings (SSSR count). The Bertz CT molecular complexity index is 1040. The van der Waals surface area contributed by atoms with Gasteiger partial charge in [0.25, 0.3) is 0 Å². The van der Waals surface area contributed by atoms with Crippen LogP contribution in [-0.2, 0) is 14.3 Å². The number of hydrogen-bond donors (Lipinski definition) is 3. The highest BCUT2D eigenvalue weighted by atomic mass is 16.5. The van der Waals surface area contributed by atoms with Crippen molar-refractivity contribution in [3.63, 3.8) is 0 Å². The van der Waals surface area contributed by atoms with Gasteiger partial charge in [-0.2, -0.15) is 0 Å². The van der Waals surface area contributed by atoms with Crippen molar-refractivity contribution in [2.24, 2.45) is 0 Å². The van der Waals surface area contributed by atoms with Crippen molar-refractivity contribution in [1.29, 1.82) is 0 Å². The molecule has 6 nitrogen and oxygen atoms in total. The van der Waals surface area contributed by atoms with E-state index in [1.807, 2.05) is 6.08 Å². The summed E-state index contributed by atoms with van der Waals surface area (Å²) in [5.74, 6) is -0.103. The van der Waals surface area contributed by atoms with Gasteiger partial charge in [0.1, 0.15) is 0 Å². The molecule has 0 saturated heterocycles. The van der Waals surface area contributed by atoms with E-state index in [4.69, 9.17) is 4.74 Å². The quantitative estimate of drug-likeness (QED) is 0.0322. The zero-order chi connectivity index (χ0) is 44.4. The van der Waals surface area contributed by atoms with E-state index in [1.54, 1.807) is 6.08 Å². The van der Waals surface area contributed by atoms with E-state index < -0.39 is 12.1 Å². The largest absolute Gasteiger partial charge is 0.466 e. The summed E-state index contributed by atoms with van der Waals surface area (Å²) in [6.07, 6.45) is 62.6. The zero-order valence-corrected chi connectivity index (χ0v) is 40.4. The number of carbonyl (C=O) groups excluding carboxylic acids is 2. The number of nitrogens with one attached hydrogen (secondary N) is 1. The molecule has 0 aromatic rings.